The average molecular weight is 982 g/mol. The lowest BCUT2D eigenvalue weighted by atomic mass is 10.0. The van der Waals surface area contributed by atoms with Crippen LogP contribution in [0.25, 0.3) is 98.9 Å². The zero-order valence-corrected chi connectivity index (χ0v) is 35.0. The van der Waals surface area contributed by atoms with Crippen LogP contribution < -0.4 is 4.65 Å². The molecule has 0 atom stereocenters. The Hall–Kier alpha value is -5.78. The summed E-state index contributed by atoms with van der Waals surface area (Å²) in [4.78, 5) is 0. The highest BCUT2D eigenvalue weighted by atomic mass is 79.9. The minimum Gasteiger partial charge on any atom is -0.537 e. The number of para-hydroxylation sites is 1. The molecule has 60 heavy (non-hydrogen) atoms. The highest BCUT2D eigenvalue weighted by Crippen LogP contribution is 2.40. The number of benzene rings is 8. The van der Waals surface area contributed by atoms with Crippen LogP contribution in [0.3, 0.4) is 0 Å². The zero-order valence-electron chi connectivity index (χ0n) is 30.2. The summed E-state index contributed by atoms with van der Waals surface area (Å²) in [5.74, 6) is 0.639. The molecule has 0 amide bonds. The molecule has 0 fully saturated rings. The number of halogens is 3. The van der Waals surface area contributed by atoms with Crippen molar-refractivity contribution < 1.29 is 27.3 Å². The van der Waals surface area contributed by atoms with Crippen molar-refractivity contribution in [1.82, 2.24) is 0 Å². The summed E-state index contributed by atoms with van der Waals surface area (Å²) in [6.07, 6.45) is 0. The molecule has 1 N–H and O–H groups in total. The van der Waals surface area contributed by atoms with E-state index in [4.69, 9.17) is 22.7 Å². The molecular weight excluding hydrogens is 947 g/mol. The number of furan rings is 4. The van der Waals surface area contributed by atoms with E-state index in [0.717, 1.165) is 101 Å². The second-order valence-corrected chi connectivity index (χ2v) is 16.4. The number of fused-ring (bicyclic) bond motifs is 12. The standard InChI is InChI=1S/C24H13BrO2.C18H8Br2O2.C6H6BO2.2CH4/c25-16-7-9-22-18(11-16)20-13-23-19(12-24(20)27-22)17-10-15(6-8-21(17)26-23)14-4-2-1-3-5-14;19-9-1-3-15-11(5-9)13-7-18-14(8-17(13)21-15)12-6-10(20)2-4-16(12)22-18;8-7-9-6-4-2-1-3-5-6;;/h1-13H;1-8H;1-5,8H;2*1H4. The van der Waals surface area contributed by atoms with Crippen molar-refractivity contribution in [1.29, 1.82) is 0 Å². The van der Waals surface area contributed by atoms with Gasteiger partial charge in [0.15, 0.2) is 0 Å². The fourth-order valence-electron chi connectivity index (χ4n) is 7.38. The van der Waals surface area contributed by atoms with E-state index in [-0.39, 0.29) is 14.9 Å². The first kappa shape index (κ1) is 41.0. The van der Waals surface area contributed by atoms with Crippen molar-refractivity contribution in [2.45, 2.75) is 14.9 Å². The van der Waals surface area contributed by atoms with E-state index in [2.05, 4.69) is 131 Å². The molecule has 0 saturated carbocycles. The third-order valence-electron chi connectivity index (χ3n) is 10.0. The Balaban J connectivity index is 0.000000136. The van der Waals surface area contributed by atoms with E-state index >= 15 is 0 Å². The Morgan fingerprint density at radius 1 is 0.350 bits per heavy atom. The van der Waals surface area contributed by atoms with Crippen molar-refractivity contribution in [3.8, 4) is 16.9 Å². The first-order valence-corrected chi connectivity index (χ1v) is 20.6. The van der Waals surface area contributed by atoms with Crippen LogP contribution in [0.4, 0.5) is 0 Å². The summed E-state index contributed by atoms with van der Waals surface area (Å²) in [7, 11) is 0.662. The molecule has 4 aromatic heterocycles. The lowest BCUT2D eigenvalue weighted by Gasteiger charge is -2.01. The van der Waals surface area contributed by atoms with Gasteiger partial charge in [-0.1, -0.05) is 117 Å². The van der Waals surface area contributed by atoms with Gasteiger partial charge < -0.3 is 27.3 Å². The van der Waals surface area contributed by atoms with E-state index in [0.29, 0.717) is 13.4 Å². The van der Waals surface area contributed by atoms with Crippen LogP contribution >= 0.6 is 47.8 Å². The van der Waals surface area contributed by atoms with Gasteiger partial charge in [0.2, 0.25) is 0 Å². The molecule has 8 aromatic carbocycles. The first-order chi connectivity index (χ1) is 28.4. The third kappa shape index (κ3) is 7.72. The van der Waals surface area contributed by atoms with Gasteiger partial charge in [0.1, 0.15) is 44.7 Å². The number of rotatable bonds is 3. The molecule has 0 spiro atoms. The van der Waals surface area contributed by atoms with Crippen LogP contribution in [-0.2, 0) is 0 Å². The van der Waals surface area contributed by atoms with Crippen molar-refractivity contribution >= 4 is 143 Å². The third-order valence-corrected chi connectivity index (χ3v) is 11.5. The zero-order chi connectivity index (χ0) is 39.3. The number of hydrogen-bond donors (Lipinski definition) is 1. The summed E-state index contributed by atoms with van der Waals surface area (Å²) in [6, 6.07) is 52.3. The second-order valence-electron chi connectivity index (χ2n) is 13.6. The maximum absolute atomic E-state index is 8.17. The van der Waals surface area contributed by atoms with Gasteiger partial charge in [-0.2, -0.15) is 0 Å². The summed E-state index contributed by atoms with van der Waals surface area (Å²) in [5.41, 5.74) is 9.44. The molecule has 6 nitrogen and oxygen atoms in total. The molecule has 12 aromatic rings. The highest BCUT2D eigenvalue weighted by molar-refractivity contribution is 9.11. The molecule has 0 aliphatic heterocycles. The summed E-state index contributed by atoms with van der Waals surface area (Å²) >= 11 is 10.6. The Bertz CT molecular complexity index is 3360. The number of hydrogen-bond acceptors (Lipinski definition) is 6. The quantitative estimate of drug-likeness (QED) is 0.178. The van der Waals surface area contributed by atoms with Crippen LogP contribution in [-0.4, -0.2) is 12.7 Å². The van der Waals surface area contributed by atoms with Crippen LogP contribution in [0.1, 0.15) is 14.9 Å². The second kappa shape index (κ2) is 17.1. The molecule has 0 aliphatic carbocycles. The van der Waals surface area contributed by atoms with Gasteiger partial charge in [-0.15, -0.1) is 0 Å². The highest BCUT2D eigenvalue weighted by Gasteiger charge is 2.16. The van der Waals surface area contributed by atoms with Crippen molar-refractivity contribution in [3.63, 3.8) is 0 Å². The molecule has 1 radical (unpaired) electrons. The predicted molar refractivity (Wildman–Crippen MR) is 259 cm³/mol. The first-order valence-electron chi connectivity index (χ1n) is 18.2. The lowest BCUT2D eigenvalue weighted by Crippen LogP contribution is -1.98. The SMILES string of the molecule is Brc1ccc2oc3cc4c(cc3c2c1)oc1ccc(-c2ccccc2)cc14.Brc1ccc2oc3cc4c(cc3c2c1)oc1ccc(Br)cc14.C.C.O[B]Oc1ccccc1. The predicted octanol–water partition coefficient (Wildman–Crippen LogP) is 16.8. The molecular formula is C50H35BBr3O6. The Morgan fingerprint density at radius 3 is 1.07 bits per heavy atom. The van der Waals surface area contributed by atoms with Crippen LogP contribution in [0.5, 0.6) is 5.75 Å². The van der Waals surface area contributed by atoms with Gasteiger partial charge in [-0.05, 0) is 114 Å². The molecule has 0 saturated heterocycles. The van der Waals surface area contributed by atoms with Crippen molar-refractivity contribution in [3.05, 3.63) is 171 Å². The van der Waals surface area contributed by atoms with E-state index in [9.17, 15) is 0 Å². The van der Waals surface area contributed by atoms with Crippen molar-refractivity contribution in [2.24, 2.45) is 0 Å². The van der Waals surface area contributed by atoms with Gasteiger partial charge in [-0.3, -0.25) is 0 Å². The summed E-state index contributed by atoms with van der Waals surface area (Å²) < 4.78 is 32.0. The van der Waals surface area contributed by atoms with E-state index < -0.39 is 0 Å². The van der Waals surface area contributed by atoms with Crippen LogP contribution in [0.2, 0.25) is 0 Å². The van der Waals surface area contributed by atoms with E-state index in [1.165, 1.54) is 11.1 Å². The van der Waals surface area contributed by atoms with E-state index in [1.54, 1.807) is 12.1 Å². The maximum Gasteiger partial charge on any atom is 0.569 e. The molecule has 0 unspecified atom stereocenters. The van der Waals surface area contributed by atoms with E-state index in [1.807, 2.05) is 66.7 Å². The Kier molecular flexibility index (Phi) is 11.7. The van der Waals surface area contributed by atoms with Gasteiger partial charge >= 0.3 is 7.69 Å². The monoisotopic (exact) mass is 979 g/mol. The molecule has 12 rings (SSSR count). The Morgan fingerprint density at radius 2 is 0.683 bits per heavy atom. The molecule has 4 heterocycles. The van der Waals surface area contributed by atoms with Gasteiger partial charge in [-0.25, -0.2) is 0 Å². The molecule has 0 aliphatic rings. The normalized spacial score (nSPS) is 11.1. The topological polar surface area (TPSA) is 82.0 Å². The lowest BCUT2D eigenvalue weighted by molar-refractivity contribution is 0.454. The van der Waals surface area contributed by atoms with Gasteiger partial charge in [0, 0.05) is 56.5 Å². The minimum absolute atomic E-state index is 0. The fourth-order valence-corrected chi connectivity index (χ4v) is 8.46. The summed E-state index contributed by atoms with van der Waals surface area (Å²) in [5, 5.41) is 16.8. The minimum atomic E-state index is 0. The van der Waals surface area contributed by atoms with Gasteiger partial charge in [0.05, 0.1) is 5.75 Å². The smallest absolute Gasteiger partial charge is 0.537 e. The van der Waals surface area contributed by atoms with Crippen LogP contribution in [0, 0.1) is 0 Å². The van der Waals surface area contributed by atoms with Crippen LogP contribution in [0.15, 0.2) is 189 Å². The largest absolute Gasteiger partial charge is 0.569 e. The molecule has 0 bridgehead atoms. The van der Waals surface area contributed by atoms with Gasteiger partial charge in [0.25, 0.3) is 0 Å². The van der Waals surface area contributed by atoms with Crippen molar-refractivity contribution in [2.75, 3.05) is 0 Å². The maximum atomic E-state index is 8.17. The molecule has 295 valence electrons. The summed E-state index contributed by atoms with van der Waals surface area (Å²) in [6.45, 7) is 0. The average Bonchev–Trinajstić information content (AvgIpc) is 3.99. The molecule has 10 heteroatoms. The fraction of sp³-hybridized carbons (Fsp3) is 0.0400. The Labute approximate surface area is 371 Å².